The summed E-state index contributed by atoms with van der Waals surface area (Å²) in [7, 11) is -3.51. The van der Waals surface area contributed by atoms with E-state index in [-0.39, 0.29) is 28.8 Å². The number of piperidine rings is 1. The Morgan fingerprint density at radius 2 is 2.05 bits per heavy atom. The Hall–Kier alpha value is 0.150. The predicted molar refractivity (Wildman–Crippen MR) is 91.5 cm³/mol. The van der Waals surface area contributed by atoms with E-state index >= 15 is 0 Å². The van der Waals surface area contributed by atoms with Gasteiger partial charge in [0.15, 0.2) is 0 Å². The van der Waals surface area contributed by atoms with Crippen LogP contribution in [0.15, 0.2) is 27.6 Å². The highest BCUT2D eigenvalue weighted by Crippen LogP contribution is 2.33. The maximum Gasteiger partial charge on any atom is 0.243 e. The van der Waals surface area contributed by atoms with Gasteiger partial charge in [0, 0.05) is 23.6 Å². The highest BCUT2D eigenvalue weighted by atomic mass is 79.9. The van der Waals surface area contributed by atoms with Crippen LogP contribution in [-0.2, 0) is 10.0 Å². The lowest BCUT2D eigenvalue weighted by molar-refractivity contribution is 0.155. The van der Waals surface area contributed by atoms with E-state index < -0.39 is 10.0 Å². The number of sulfonamides is 1. The van der Waals surface area contributed by atoms with Crippen LogP contribution < -0.4 is 5.73 Å². The van der Waals surface area contributed by atoms with Gasteiger partial charge in [0.2, 0.25) is 10.0 Å². The third kappa shape index (κ3) is 3.92. The summed E-state index contributed by atoms with van der Waals surface area (Å²) in [5, 5.41) is 0.491. The van der Waals surface area contributed by atoms with Gasteiger partial charge in [0.1, 0.15) is 0 Å². The Labute approximate surface area is 145 Å². The second-order valence-corrected chi connectivity index (χ2v) is 9.00. The molecule has 1 aliphatic heterocycles. The maximum atomic E-state index is 12.7. The van der Waals surface area contributed by atoms with E-state index in [2.05, 4.69) is 15.9 Å². The number of rotatable bonds is 2. The standard InChI is InChI=1S/C13H18BrClN2O2S.ClH/c1-13(2)8-17(6-5-12(13)16)20(18,19)9-3-4-11(15)10(14)7-9;/h3-4,7,12H,5-6,8,16H2,1-2H3;1H. The molecule has 0 spiro atoms. The number of nitrogens with two attached hydrogens (primary N) is 1. The lowest BCUT2D eigenvalue weighted by Gasteiger charge is -2.41. The second kappa shape index (κ2) is 6.72. The first kappa shape index (κ1) is 19.2. The monoisotopic (exact) mass is 416 g/mol. The van der Waals surface area contributed by atoms with E-state index in [1.54, 1.807) is 12.1 Å². The van der Waals surface area contributed by atoms with Gasteiger partial charge in [-0.1, -0.05) is 25.4 Å². The van der Waals surface area contributed by atoms with Gasteiger partial charge in [-0.15, -0.1) is 12.4 Å². The van der Waals surface area contributed by atoms with Gasteiger partial charge in [-0.25, -0.2) is 8.42 Å². The normalized spacial score (nSPS) is 22.6. The highest BCUT2D eigenvalue weighted by molar-refractivity contribution is 9.10. The second-order valence-electron chi connectivity index (χ2n) is 5.80. The summed E-state index contributed by atoms with van der Waals surface area (Å²) in [6.07, 6.45) is 0.668. The van der Waals surface area contributed by atoms with E-state index in [1.165, 1.54) is 10.4 Å². The fourth-order valence-corrected chi connectivity index (χ4v) is 4.62. The van der Waals surface area contributed by atoms with Crippen LogP contribution in [0.1, 0.15) is 20.3 Å². The molecule has 1 heterocycles. The highest BCUT2D eigenvalue weighted by Gasteiger charge is 2.38. The van der Waals surface area contributed by atoms with Crippen LogP contribution in [0.2, 0.25) is 5.02 Å². The average molecular weight is 418 g/mol. The molecule has 0 aliphatic carbocycles. The van der Waals surface area contributed by atoms with Crippen molar-refractivity contribution in [2.45, 2.75) is 31.2 Å². The Morgan fingerprint density at radius 3 is 2.57 bits per heavy atom. The summed E-state index contributed by atoms with van der Waals surface area (Å²) < 4.78 is 27.4. The number of nitrogens with zero attached hydrogens (tertiary/aromatic N) is 1. The number of hydrogen-bond acceptors (Lipinski definition) is 3. The molecule has 0 radical (unpaired) electrons. The first-order chi connectivity index (χ1) is 9.14. The van der Waals surface area contributed by atoms with Crippen LogP contribution in [0, 0.1) is 5.41 Å². The van der Waals surface area contributed by atoms with Crippen molar-refractivity contribution in [2.75, 3.05) is 13.1 Å². The van der Waals surface area contributed by atoms with Crippen molar-refractivity contribution in [3.05, 3.63) is 27.7 Å². The molecule has 21 heavy (non-hydrogen) atoms. The van der Waals surface area contributed by atoms with Gasteiger partial charge in [0.25, 0.3) is 0 Å². The van der Waals surface area contributed by atoms with E-state index in [0.717, 1.165) is 0 Å². The van der Waals surface area contributed by atoms with E-state index in [4.69, 9.17) is 17.3 Å². The van der Waals surface area contributed by atoms with Crippen LogP contribution in [0.25, 0.3) is 0 Å². The Morgan fingerprint density at radius 1 is 1.43 bits per heavy atom. The maximum absolute atomic E-state index is 12.7. The molecule has 1 aromatic rings. The molecule has 0 saturated carbocycles. The first-order valence-corrected chi connectivity index (χ1v) is 8.96. The Balaban J connectivity index is 0.00000220. The van der Waals surface area contributed by atoms with Gasteiger partial charge in [-0.05, 0) is 46.0 Å². The lowest BCUT2D eigenvalue weighted by atomic mass is 9.81. The van der Waals surface area contributed by atoms with Gasteiger partial charge >= 0.3 is 0 Å². The Kier molecular flexibility index (Phi) is 6.15. The average Bonchev–Trinajstić information content (AvgIpc) is 2.35. The molecule has 2 N–H and O–H groups in total. The number of hydrogen-bond donors (Lipinski definition) is 1. The van der Waals surface area contributed by atoms with Crippen LogP contribution in [0.3, 0.4) is 0 Å². The fourth-order valence-electron chi connectivity index (χ4n) is 2.32. The minimum absolute atomic E-state index is 0. The van der Waals surface area contributed by atoms with Crippen molar-refractivity contribution in [3.63, 3.8) is 0 Å². The molecule has 1 aliphatic rings. The summed E-state index contributed by atoms with van der Waals surface area (Å²) in [5.41, 5.74) is 5.83. The molecule has 8 heteroatoms. The summed E-state index contributed by atoms with van der Waals surface area (Å²) in [5.74, 6) is 0. The molecule has 4 nitrogen and oxygen atoms in total. The quantitative estimate of drug-likeness (QED) is 0.802. The van der Waals surface area contributed by atoms with Gasteiger partial charge in [0.05, 0.1) is 9.92 Å². The van der Waals surface area contributed by atoms with E-state index in [9.17, 15) is 8.42 Å². The largest absolute Gasteiger partial charge is 0.327 e. The van der Waals surface area contributed by atoms with Gasteiger partial charge in [-0.2, -0.15) is 4.31 Å². The van der Waals surface area contributed by atoms with Crippen molar-refractivity contribution >= 4 is 50.0 Å². The third-order valence-corrected chi connectivity index (χ3v) is 6.86. The zero-order valence-electron chi connectivity index (χ0n) is 11.8. The molecule has 1 atom stereocenters. The SMILES string of the molecule is CC1(C)CN(S(=O)(=O)c2ccc(Cl)c(Br)c2)CCC1N.Cl. The van der Waals surface area contributed by atoms with Crippen molar-refractivity contribution in [3.8, 4) is 0 Å². The molecule has 1 saturated heterocycles. The molecule has 2 rings (SSSR count). The zero-order valence-corrected chi connectivity index (χ0v) is 15.8. The molecule has 1 fully saturated rings. The van der Waals surface area contributed by atoms with Crippen molar-refractivity contribution < 1.29 is 8.42 Å². The van der Waals surface area contributed by atoms with Crippen molar-refractivity contribution in [2.24, 2.45) is 11.1 Å². The molecule has 1 aromatic carbocycles. The van der Waals surface area contributed by atoms with Crippen LogP contribution >= 0.6 is 39.9 Å². The summed E-state index contributed by atoms with van der Waals surface area (Å²) >= 11 is 9.17. The molecule has 0 bridgehead atoms. The van der Waals surface area contributed by atoms with Crippen molar-refractivity contribution in [1.29, 1.82) is 0 Å². The third-order valence-electron chi connectivity index (χ3n) is 3.81. The van der Waals surface area contributed by atoms with Crippen LogP contribution in [0.4, 0.5) is 0 Å². The fraction of sp³-hybridized carbons (Fsp3) is 0.538. The van der Waals surface area contributed by atoms with Crippen LogP contribution in [-0.4, -0.2) is 31.9 Å². The molecule has 0 aromatic heterocycles. The minimum atomic E-state index is -3.51. The number of halogens is 3. The summed E-state index contributed by atoms with van der Waals surface area (Å²) in [6, 6.07) is 4.67. The topological polar surface area (TPSA) is 63.4 Å². The molecule has 120 valence electrons. The zero-order chi connectivity index (χ0) is 15.1. The minimum Gasteiger partial charge on any atom is -0.327 e. The van der Waals surface area contributed by atoms with Crippen molar-refractivity contribution in [1.82, 2.24) is 4.31 Å². The summed E-state index contributed by atoms with van der Waals surface area (Å²) in [4.78, 5) is 0.250. The van der Waals surface area contributed by atoms with Gasteiger partial charge in [-0.3, -0.25) is 0 Å². The smallest absolute Gasteiger partial charge is 0.243 e. The molecular weight excluding hydrogens is 399 g/mol. The summed E-state index contributed by atoms with van der Waals surface area (Å²) in [6.45, 7) is 4.87. The lowest BCUT2D eigenvalue weighted by Crippen LogP contribution is -2.53. The molecule has 1 unspecified atom stereocenters. The van der Waals surface area contributed by atoms with E-state index in [1.807, 2.05) is 13.8 Å². The van der Waals surface area contributed by atoms with Gasteiger partial charge < -0.3 is 5.73 Å². The molecular formula is C13H19BrCl2N2O2S. The van der Waals surface area contributed by atoms with Crippen LogP contribution in [0.5, 0.6) is 0 Å². The number of benzene rings is 1. The Bertz CT molecular complexity index is 623. The predicted octanol–water partition coefficient (Wildman–Crippen LogP) is 3.27. The van der Waals surface area contributed by atoms with E-state index in [0.29, 0.717) is 29.0 Å². The first-order valence-electron chi connectivity index (χ1n) is 6.35. The molecule has 0 amide bonds.